The Morgan fingerprint density at radius 3 is 2.77 bits per heavy atom. The van der Waals surface area contributed by atoms with Crippen LogP contribution in [0.4, 0.5) is 13.6 Å². The number of rotatable bonds is 8. The number of nitrogens with one attached hydrogen (secondary N) is 2. The molecule has 0 radical (unpaired) electrons. The van der Waals surface area contributed by atoms with Gasteiger partial charge in [0.25, 0.3) is 0 Å². The first kappa shape index (κ1) is 18.2. The number of halogens is 2. The molecule has 7 heteroatoms. The number of aliphatic hydroxyl groups is 1. The van der Waals surface area contributed by atoms with Gasteiger partial charge in [0.2, 0.25) is 0 Å². The summed E-state index contributed by atoms with van der Waals surface area (Å²) in [5, 5.41) is 14.8. The Balaban J connectivity index is 2.50. The molecule has 0 aliphatic heterocycles. The van der Waals surface area contributed by atoms with E-state index in [9.17, 15) is 18.7 Å². The third-order valence-corrected chi connectivity index (χ3v) is 3.05. The molecule has 2 unspecified atom stereocenters. The topological polar surface area (TPSA) is 70.6 Å². The van der Waals surface area contributed by atoms with Crippen molar-refractivity contribution in [3.63, 3.8) is 0 Å². The summed E-state index contributed by atoms with van der Waals surface area (Å²) in [6, 6.07) is 5.34. The van der Waals surface area contributed by atoms with Gasteiger partial charge in [0.15, 0.2) is 0 Å². The number of hydrogen-bond donors (Lipinski definition) is 3. The van der Waals surface area contributed by atoms with Crippen LogP contribution in [-0.4, -0.2) is 30.4 Å². The van der Waals surface area contributed by atoms with Crippen LogP contribution in [0.3, 0.4) is 0 Å². The molecule has 0 saturated carbocycles. The van der Waals surface area contributed by atoms with E-state index in [0.29, 0.717) is 12.0 Å². The van der Waals surface area contributed by atoms with Gasteiger partial charge in [0.05, 0.1) is 12.1 Å². The quantitative estimate of drug-likeness (QED) is 0.690. The zero-order valence-corrected chi connectivity index (χ0v) is 12.7. The number of carbonyl (C=O) groups is 1. The predicted octanol–water partition coefficient (Wildman–Crippen LogP) is 2.81. The van der Waals surface area contributed by atoms with Gasteiger partial charge >= 0.3 is 12.6 Å². The summed E-state index contributed by atoms with van der Waals surface area (Å²) >= 11 is 0. The second kappa shape index (κ2) is 9.19. The molecule has 3 N–H and O–H groups in total. The molecule has 2 atom stereocenters. The lowest BCUT2D eigenvalue weighted by molar-refractivity contribution is -0.0499. The van der Waals surface area contributed by atoms with Crippen LogP contribution in [0.1, 0.15) is 38.3 Å². The summed E-state index contributed by atoms with van der Waals surface area (Å²) in [7, 11) is 0. The van der Waals surface area contributed by atoms with E-state index in [2.05, 4.69) is 15.4 Å². The van der Waals surface area contributed by atoms with Gasteiger partial charge in [-0.1, -0.05) is 25.5 Å². The highest BCUT2D eigenvalue weighted by Gasteiger charge is 2.12. The van der Waals surface area contributed by atoms with Crippen LogP contribution in [0, 0.1) is 0 Å². The van der Waals surface area contributed by atoms with Crippen molar-refractivity contribution in [2.24, 2.45) is 0 Å². The molecule has 1 rings (SSSR count). The van der Waals surface area contributed by atoms with Gasteiger partial charge < -0.3 is 20.5 Å². The van der Waals surface area contributed by atoms with Crippen LogP contribution in [0.5, 0.6) is 5.75 Å². The molecule has 1 aromatic rings. The third kappa shape index (κ3) is 6.71. The summed E-state index contributed by atoms with van der Waals surface area (Å²) < 4.78 is 28.7. The summed E-state index contributed by atoms with van der Waals surface area (Å²) in [5.74, 6) is 0.0416. The summed E-state index contributed by atoms with van der Waals surface area (Å²) in [5.41, 5.74) is 0.641. The van der Waals surface area contributed by atoms with Crippen LogP contribution in [0.2, 0.25) is 0 Å². The van der Waals surface area contributed by atoms with E-state index in [1.54, 1.807) is 19.1 Å². The van der Waals surface area contributed by atoms with Gasteiger partial charge in [-0.25, -0.2) is 4.79 Å². The molecular weight excluding hydrogens is 294 g/mol. The Bertz CT molecular complexity index is 472. The highest BCUT2D eigenvalue weighted by Crippen LogP contribution is 2.20. The van der Waals surface area contributed by atoms with Gasteiger partial charge in [0.1, 0.15) is 5.75 Å². The van der Waals surface area contributed by atoms with Gasteiger partial charge in [-0.3, -0.25) is 0 Å². The van der Waals surface area contributed by atoms with Crippen LogP contribution >= 0.6 is 0 Å². The lowest BCUT2D eigenvalue weighted by atomic mass is 10.1. The van der Waals surface area contributed by atoms with E-state index in [-0.39, 0.29) is 18.3 Å². The van der Waals surface area contributed by atoms with Crippen molar-refractivity contribution in [1.29, 1.82) is 0 Å². The lowest BCUT2D eigenvalue weighted by Crippen LogP contribution is -2.40. The Morgan fingerprint density at radius 2 is 2.14 bits per heavy atom. The number of alkyl halides is 2. The molecule has 0 aliphatic rings. The number of amides is 2. The van der Waals surface area contributed by atoms with Gasteiger partial charge in [0, 0.05) is 6.54 Å². The van der Waals surface area contributed by atoms with E-state index in [0.717, 1.165) is 6.42 Å². The number of hydrogen-bond acceptors (Lipinski definition) is 3. The van der Waals surface area contributed by atoms with Crippen molar-refractivity contribution in [2.75, 3.05) is 6.54 Å². The lowest BCUT2D eigenvalue weighted by Gasteiger charge is -2.17. The number of benzene rings is 1. The second-order valence-corrected chi connectivity index (χ2v) is 4.97. The van der Waals surface area contributed by atoms with Crippen molar-refractivity contribution in [2.45, 2.75) is 45.4 Å². The van der Waals surface area contributed by atoms with Crippen molar-refractivity contribution in [3.05, 3.63) is 29.8 Å². The molecule has 0 saturated heterocycles. The summed E-state index contributed by atoms with van der Waals surface area (Å²) in [6.45, 7) is 0.950. The van der Waals surface area contributed by atoms with Crippen LogP contribution in [-0.2, 0) is 0 Å². The zero-order chi connectivity index (χ0) is 16.5. The van der Waals surface area contributed by atoms with Crippen LogP contribution < -0.4 is 15.4 Å². The molecule has 2 amide bonds. The molecule has 5 nitrogen and oxygen atoms in total. The minimum Gasteiger partial charge on any atom is -0.435 e. The number of carbonyl (C=O) groups excluding carboxylic acids is 1. The minimum absolute atomic E-state index is 0.0416. The monoisotopic (exact) mass is 316 g/mol. The first-order chi connectivity index (χ1) is 10.4. The number of aliphatic hydroxyl groups excluding tert-OH is 1. The van der Waals surface area contributed by atoms with E-state index in [4.69, 9.17) is 0 Å². The van der Waals surface area contributed by atoms with E-state index in [1.165, 1.54) is 12.1 Å². The second-order valence-electron chi connectivity index (χ2n) is 4.97. The molecule has 1 aromatic carbocycles. The number of ether oxygens (including phenoxy) is 1. The van der Waals surface area contributed by atoms with Crippen molar-refractivity contribution in [3.8, 4) is 5.75 Å². The fraction of sp³-hybridized carbons (Fsp3) is 0.533. The van der Waals surface area contributed by atoms with Gasteiger partial charge in [-0.15, -0.1) is 0 Å². The standard InChI is InChI=1S/C15H22F2N2O3/c1-3-5-12(20)9-18-15(21)19-10(2)11-6-4-7-13(8-11)22-14(16)17/h4,6-8,10,12,14,20H,3,5,9H2,1-2H3,(H2,18,19,21). The Labute approximate surface area is 128 Å². The molecule has 22 heavy (non-hydrogen) atoms. The maximum atomic E-state index is 12.2. The Hall–Kier alpha value is -1.89. The molecule has 0 bridgehead atoms. The molecule has 0 spiro atoms. The SMILES string of the molecule is CCCC(O)CNC(=O)NC(C)c1cccc(OC(F)F)c1. The highest BCUT2D eigenvalue weighted by molar-refractivity contribution is 5.74. The highest BCUT2D eigenvalue weighted by atomic mass is 19.3. The first-order valence-electron chi connectivity index (χ1n) is 7.19. The number of urea groups is 1. The molecule has 124 valence electrons. The molecule has 0 aliphatic carbocycles. The fourth-order valence-corrected chi connectivity index (χ4v) is 1.94. The maximum Gasteiger partial charge on any atom is 0.387 e. The van der Waals surface area contributed by atoms with Crippen LogP contribution in [0.15, 0.2) is 24.3 Å². The van der Waals surface area contributed by atoms with E-state index < -0.39 is 18.7 Å². The van der Waals surface area contributed by atoms with Crippen molar-refractivity contribution >= 4 is 6.03 Å². The Morgan fingerprint density at radius 1 is 1.41 bits per heavy atom. The molecular formula is C15H22F2N2O3. The van der Waals surface area contributed by atoms with E-state index in [1.807, 2.05) is 6.92 Å². The smallest absolute Gasteiger partial charge is 0.387 e. The first-order valence-corrected chi connectivity index (χ1v) is 7.19. The summed E-state index contributed by atoms with van der Waals surface area (Å²) in [6.07, 6.45) is 0.870. The largest absolute Gasteiger partial charge is 0.435 e. The van der Waals surface area contributed by atoms with Crippen molar-refractivity contribution in [1.82, 2.24) is 10.6 Å². The molecule has 0 aromatic heterocycles. The Kier molecular flexibility index (Phi) is 7.59. The third-order valence-electron chi connectivity index (χ3n) is 3.05. The normalized spacial score (nSPS) is 13.5. The maximum absolute atomic E-state index is 12.2. The molecule has 0 fully saturated rings. The van der Waals surface area contributed by atoms with Crippen LogP contribution in [0.25, 0.3) is 0 Å². The summed E-state index contributed by atoms with van der Waals surface area (Å²) in [4.78, 5) is 11.7. The fourth-order valence-electron chi connectivity index (χ4n) is 1.94. The van der Waals surface area contributed by atoms with E-state index >= 15 is 0 Å². The zero-order valence-electron chi connectivity index (χ0n) is 12.7. The molecule has 0 heterocycles. The van der Waals surface area contributed by atoms with Gasteiger partial charge in [-0.05, 0) is 31.0 Å². The average molecular weight is 316 g/mol. The average Bonchev–Trinajstić information content (AvgIpc) is 2.45. The minimum atomic E-state index is -2.89. The van der Waals surface area contributed by atoms with Crippen molar-refractivity contribution < 1.29 is 23.4 Å². The van der Waals surface area contributed by atoms with Gasteiger partial charge in [-0.2, -0.15) is 8.78 Å². The predicted molar refractivity (Wildman–Crippen MR) is 78.9 cm³/mol.